The van der Waals surface area contributed by atoms with E-state index in [2.05, 4.69) is 15.2 Å². The van der Waals surface area contributed by atoms with Crippen LogP contribution < -0.4 is 5.73 Å². The molecule has 1 atom stereocenters. The molecule has 2 rings (SSSR count). The first kappa shape index (κ1) is 13.9. The first-order valence-corrected chi connectivity index (χ1v) is 6.20. The lowest BCUT2D eigenvalue weighted by Crippen LogP contribution is -2.13. The summed E-state index contributed by atoms with van der Waals surface area (Å²) in [5.74, 6) is 0. The van der Waals surface area contributed by atoms with E-state index in [1.807, 2.05) is 0 Å². The Labute approximate surface area is 111 Å². The van der Waals surface area contributed by atoms with Gasteiger partial charge in [-0.15, -0.1) is 11.3 Å². The minimum Gasteiger partial charge on any atom is -0.320 e. The van der Waals surface area contributed by atoms with Gasteiger partial charge in [-0.2, -0.15) is 23.4 Å². The van der Waals surface area contributed by atoms with Gasteiger partial charge in [-0.3, -0.25) is 0 Å². The van der Waals surface area contributed by atoms with Crippen molar-refractivity contribution in [3.63, 3.8) is 0 Å². The van der Waals surface area contributed by atoms with Crippen molar-refractivity contribution >= 4 is 11.3 Å². The van der Waals surface area contributed by atoms with Crippen LogP contribution >= 0.6 is 11.3 Å². The SMILES string of the molecule is Cc1cc(C(N)c2cnc(C(F)(F)F)s2)c(C)nn1. The van der Waals surface area contributed by atoms with Gasteiger partial charge in [0.25, 0.3) is 0 Å². The van der Waals surface area contributed by atoms with Crippen molar-refractivity contribution < 1.29 is 13.2 Å². The van der Waals surface area contributed by atoms with Gasteiger partial charge in [0.05, 0.1) is 17.4 Å². The molecule has 0 bridgehead atoms. The van der Waals surface area contributed by atoms with E-state index in [0.717, 1.165) is 6.20 Å². The number of aryl methyl sites for hydroxylation is 2. The Bertz CT molecular complexity index is 594. The molecule has 0 saturated carbocycles. The molecule has 0 radical (unpaired) electrons. The highest BCUT2D eigenvalue weighted by molar-refractivity contribution is 7.11. The molecule has 2 aromatic rings. The predicted molar refractivity (Wildman–Crippen MR) is 64.7 cm³/mol. The van der Waals surface area contributed by atoms with Gasteiger partial charge in [0.1, 0.15) is 0 Å². The molecule has 0 aliphatic rings. The molecule has 8 heteroatoms. The third-order valence-corrected chi connectivity index (χ3v) is 3.67. The zero-order chi connectivity index (χ0) is 14.2. The molecule has 0 aliphatic carbocycles. The van der Waals surface area contributed by atoms with Crippen molar-refractivity contribution in [1.29, 1.82) is 0 Å². The summed E-state index contributed by atoms with van der Waals surface area (Å²) in [5.41, 5.74) is 7.90. The van der Waals surface area contributed by atoms with Crippen molar-refractivity contribution in [2.24, 2.45) is 5.73 Å². The Kier molecular flexibility index (Phi) is 3.55. The number of hydrogen-bond acceptors (Lipinski definition) is 5. The fourth-order valence-electron chi connectivity index (χ4n) is 1.60. The zero-order valence-corrected chi connectivity index (χ0v) is 11.0. The summed E-state index contributed by atoms with van der Waals surface area (Å²) in [7, 11) is 0. The molecule has 0 aromatic carbocycles. The summed E-state index contributed by atoms with van der Waals surface area (Å²) >= 11 is 0.548. The normalized spacial score (nSPS) is 13.6. The van der Waals surface area contributed by atoms with E-state index in [1.165, 1.54) is 0 Å². The van der Waals surface area contributed by atoms with Crippen LogP contribution in [-0.4, -0.2) is 15.2 Å². The molecule has 2 N–H and O–H groups in total. The van der Waals surface area contributed by atoms with Crippen LogP contribution in [0.3, 0.4) is 0 Å². The van der Waals surface area contributed by atoms with Gasteiger partial charge in [0.2, 0.25) is 0 Å². The Hall–Kier alpha value is -1.54. The van der Waals surface area contributed by atoms with E-state index < -0.39 is 17.2 Å². The minimum atomic E-state index is -4.44. The zero-order valence-electron chi connectivity index (χ0n) is 10.2. The van der Waals surface area contributed by atoms with E-state index in [0.29, 0.717) is 33.2 Å². The predicted octanol–water partition coefficient (Wildman–Crippen LogP) is 2.62. The Morgan fingerprint density at radius 3 is 2.53 bits per heavy atom. The maximum atomic E-state index is 12.5. The third kappa shape index (κ3) is 2.90. The van der Waals surface area contributed by atoms with Crippen LogP contribution in [0.15, 0.2) is 12.3 Å². The minimum absolute atomic E-state index is 0.350. The van der Waals surface area contributed by atoms with Crippen molar-refractivity contribution in [2.45, 2.75) is 26.1 Å². The number of aromatic nitrogens is 3. The average molecular weight is 288 g/mol. The smallest absolute Gasteiger partial charge is 0.320 e. The lowest BCUT2D eigenvalue weighted by atomic mass is 10.1. The summed E-state index contributed by atoms with van der Waals surface area (Å²) in [5, 5.41) is 6.88. The van der Waals surface area contributed by atoms with Crippen LogP contribution in [-0.2, 0) is 6.18 Å². The molecular weight excluding hydrogens is 277 g/mol. The summed E-state index contributed by atoms with van der Waals surface area (Å²) in [6, 6.07) is 1.04. The highest BCUT2D eigenvalue weighted by Gasteiger charge is 2.35. The van der Waals surface area contributed by atoms with Crippen molar-refractivity contribution in [2.75, 3.05) is 0 Å². The van der Waals surface area contributed by atoms with Gasteiger partial charge in [-0.05, 0) is 25.5 Å². The van der Waals surface area contributed by atoms with Crippen LogP contribution in [0.25, 0.3) is 0 Å². The molecule has 0 spiro atoms. The summed E-state index contributed by atoms with van der Waals surface area (Å²) < 4.78 is 37.5. The Morgan fingerprint density at radius 2 is 1.95 bits per heavy atom. The van der Waals surface area contributed by atoms with E-state index in [9.17, 15) is 13.2 Å². The molecule has 0 fully saturated rings. The highest BCUT2D eigenvalue weighted by Crippen LogP contribution is 2.35. The van der Waals surface area contributed by atoms with Gasteiger partial charge >= 0.3 is 6.18 Å². The van der Waals surface area contributed by atoms with Crippen LogP contribution in [0, 0.1) is 13.8 Å². The fraction of sp³-hybridized carbons (Fsp3) is 0.364. The molecule has 0 amide bonds. The van der Waals surface area contributed by atoms with Gasteiger partial charge in [-0.25, -0.2) is 4.98 Å². The van der Waals surface area contributed by atoms with E-state index >= 15 is 0 Å². The molecule has 102 valence electrons. The highest BCUT2D eigenvalue weighted by atomic mass is 32.1. The molecule has 1 unspecified atom stereocenters. The standard InChI is InChI=1S/C11H11F3N4S/c1-5-3-7(6(2)18-17-5)9(15)8-4-16-10(19-8)11(12,13)14/h3-4,9H,15H2,1-2H3. The summed E-state index contributed by atoms with van der Waals surface area (Å²) in [6.45, 7) is 3.46. The van der Waals surface area contributed by atoms with Crippen LogP contribution in [0.4, 0.5) is 13.2 Å². The van der Waals surface area contributed by atoms with Gasteiger partial charge < -0.3 is 5.73 Å². The first-order valence-electron chi connectivity index (χ1n) is 5.38. The Balaban J connectivity index is 2.36. The molecule has 0 saturated heterocycles. The molecular formula is C11H11F3N4S. The number of alkyl halides is 3. The van der Waals surface area contributed by atoms with E-state index in [4.69, 9.17) is 5.73 Å². The molecule has 19 heavy (non-hydrogen) atoms. The number of hydrogen-bond donors (Lipinski definition) is 1. The molecule has 4 nitrogen and oxygen atoms in total. The third-order valence-electron chi connectivity index (χ3n) is 2.55. The van der Waals surface area contributed by atoms with E-state index in [1.54, 1.807) is 19.9 Å². The maximum absolute atomic E-state index is 12.5. The quantitative estimate of drug-likeness (QED) is 0.922. The number of thiazole rings is 1. The average Bonchev–Trinajstić information content (AvgIpc) is 2.80. The van der Waals surface area contributed by atoms with Gasteiger partial charge in [-0.1, -0.05) is 0 Å². The lowest BCUT2D eigenvalue weighted by molar-refractivity contribution is -0.137. The number of halogens is 3. The summed E-state index contributed by atoms with van der Waals surface area (Å²) in [4.78, 5) is 3.71. The van der Waals surface area contributed by atoms with Crippen molar-refractivity contribution in [3.8, 4) is 0 Å². The maximum Gasteiger partial charge on any atom is 0.443 e. The molecule has 2 aromatic heterocycles. The number of nitrogens with two attached hydrogens (primary N) is 1. The molecule has 0 aliphatic heterocycles. The van der Waals surface area contributed by atoms with Crippen LogP contribution in [0.2, 0.25) is 0 Å². The van der Waals surface area contributed by atoms with Crippen molar-refractivity contribution in [3.05, 3.63) is 39.1 Å². The monoisotopic (exact) mass is 288 g/mol. The fourth-order valence-corrected chi connectivity index (χ4v) is 2.40. The van der Waals surface area contributed by atoms with Crippen LogP contribution in [0.5, 0.6) is 0 Å². The largest absolute Gasteiger partial charge is 0.443 e. The molecule has 2 heterocycles. The second-order valence-electron chi connectivity index (χ2n) is 4.07. The van der Waals surface area contributed by atoms with Gasteiger partial charge in [0.15, 0.2) is 5.01 Å². The number of rotatable bonds is 2. The van der Waals surface area contributed by atoms with Crippen LogP contribution in [0.1, 0.15) is 32.9 Å². The van der Waals surface area contributed by atoms with Crippen molar-refractivity contribution in [1.82, 2.24) is 15.2 Å². The second kappa shape index (κ2) is 4.86. The topological polar surface area (TPSA) is 64.7 Å². The Morgan fingerprint density at radius 1 is 1.26 bits per heavy atom. The van der Waals surface area contributed by atoms with Gasteiger partial charge in [0, 0.05) is 11.1 Å². The van der Waals surface area contributed by atoms with E-state index in [-0.39, 0.29) is 0 Å². The second-order valence-corrected chi connectivity index (χ2v) is 5.13. The number of nitrogens with zero attached hydrogens (tertiary/aromatic N) is 3. The lowest BCUT2D eigenvalue weighted by Gasteiger charge is -2.12. The summed E-state index contributed by atoms with van der Waals surface area (Å²) in [6.07, 6.45) is -3.28. The first-order chi connectivity index (χ1) is 8.79.